The molecule has 2 N–H and O–H groups in total. The number of hydrogen-bond donors (Lipinski definition) is 2. The molecule has 0 fully saturated rings. The number of nitrogens with one attached hydrogen (secondary N) is 2. The summed E-state index contributed by atoms with van der Waals surface area (Å²) in [5, 5.41) is 5.00. The van der Waals surface area contributed by atoms with Crippen molar-refractivity contribution in [2.75, 3.05) is 11.9 Å². The topological polar surface area (TPSA) is 59.6 Å². The highest BCUT2D eigenvalue weighted by Crippen LogP contribution is 2.25. The van der Waals surface area contributed by atoms with E-state index < -0.39 is 12.5 Å². The van der Waals surface area contributed by atoms with E-state index >= 15 is 0 Å². The summed E-state index contributed by atoms with van der Waals surface area (Å²) < 4.78 is 34.5. The van der Waals surface area contributed by atoms with E-state index in [2.05, 4.69) is 15.4 Å². The summed E-state index contributed by atoms with van der Waals surface area (Å²) in [5.41, 5.74) is 1.11. The zero-order valence-electron chi connectivity index (χ0n) is 13.3. The third-order valence-electron chi connectivity index (χ3n) is 3.06. The van der Waals surface area contributed by atoms with Gasteiger partial charge in [-0.1, -0.05) is 30.3 Å². The van der Waals surface area contributed by atoms with Crippen molar-refractivity contribution >= 4 is 28.9 Å². The summed E-state index contributed by atoms with van der Waals surface area (Å²) in [7, 11) is 0. The summed E-state index contributed by atoms with van der Waals surface area (Å²) in [6.45, 7) is -1.34. The van der Waals surface area contributed by atoms with Gasteiger partial charge >= 0.3 is 6.61 Å². The molecule has 0 spiro atoms. The fourth-order valence-electron chi connectivity index (χ4n) is 1.95. The minimum atomic E-state index is -2.96. The van der Waals surface area contributed by atoms with E-state index in [1.165, 1.54) is 12.1 Å². The van der Waals surface area contributed by atoms with Gasteiger partial charge in [0.25, 0.3) is 5.91 Å². The van der Waals surface area contributed by atoms with Crippen LogP contribution in [0.25, 0.3) is 0 Å². The van der Waals surface area contributed by atoms with Crippen LogP contribution in [0, 0.1) is 6.92 Å². The smallest absolute Gasteiger partial charge is 0.387 e. The Labute approximate surface area is 148 Å². The van der Waals surface area contributed by atoms with Gasteiger partial charge in [0.2, 0.25) is 0 Å². The number of hydrogen-bond acceptors (Lipinski definition) is 4. The highest BCUT2D eigenvalue weighted by atomic mass is 32.1. The highest BCUT2D eigenvalue weighted by Gasteiger charge is 2.12. The van der Waals surface area contributed by atoms with Crippen molar-refractivity contribution < 1.29 is 23.0 Å². The van der Waals surface area contributed by atoms with E-state index in [0.29, 0.717) is 5.75 Å². The summed E-state index contributed by atoms with van der Waals surface area (Å²) in [4.78, 5) is 11.9. The third kappa shape index (κ3) is 6.00. The minimum absolute atomic E-state index is 0.0521. The normalized spacial score (nSPS) is 10.2. The van der Waals surface area contributed by atoms with Gasteiger partial charge in [0.05, 0.1) is 5.69 Å². The number of amides is 1. The first-order valence-electron chi connectivity index (χ1n) is 7.29. The number of carbonyl (C=O) groups excluding carboxylic acids is 1. The number of anilines is 1. The van der Waals surface area contributed by atoms with Gasteiger partial charge in [-0.05, 0) is 42.9 Å². The monoisotopic (exact) mass is 366 g/mol. The number of thiocarbonyl (C=S) groups is 1. The van der Waals surface area contributed by atoms with Crippen LogP contribution in [-0.2, 0) is 4.79 Å². The molecule has 0 saturated carbocycles. The Hall–Kier alpha value is -2.74. The Balaban J connectivity index is 1.88. The predicted molar refractivity (Wildman–Crippen MR) is 94.1 cm³/mol. The SMILES string of the molecule is Cc1ccccc1OCC(=O)NC(=S)Nc1ccccc1OC(F)F. The Bertz CT molecular complexity index is 756. The summed E-state index contributed by atoms with van der Waals surface area (Å²) in [6, 6.07) is 13.3. The van der Waals surface area contributed by atoms with Gasteiger partial charge in [0.1, 0.15) is 11.5 Å². The standard InChI is InChI=1S/C17H16F2N2O3S/c1-11-6-2-4-8-13(11)23-10-15(22)21-17(25)20-12-7-3-5-9-14(12)24-16(18)19/h2-9,16H,10H2,1H3,(H2,20,21,22,25). The number of carbonyl (C=O) groups is 1. The molecule has 0 aromatic heterocycles. The molecule has 0 heterocycles. The van der Waals surface area contributed by atoms with Crippen molar-refractivity contribution in [3.05, 3.63) is 54.1 Å². The fraction of sp³-hybridized carbons (Fsp3) is 0.176. The van der Waals surface area contributed by atoms with Crippen LogP contribution in [-0.4, -0.2) is 24.2 Å². The molecule has 5 nitrogen and oxygen atoms in total. The van der Waals surface area contributed by atoms with Crippen LogP contribution < -0.4 is 20.1 Å². The van der Waals surface area contributed by atoms with Gasteiger partial charge in [0.15, 0.2) is 11.7 Å². The Morgan fingerprint density at radius 1 is 1.12 bits per heavy atom. The molecule has 2 aromatic carbocycles. The molecule has 2 aromatic rings. The maximum atomic E-state index is 12.4. The van der Waals surface area contributed by atoms with Crippen molar-refractivity contribution in [2.45, 2.75) is 13.5 Å². The average molecular weight is 366 g/mol. The van der Waals surface area contributed by atoms with Crippen LogP contribution in [0.4, 0.5) is 14.5 Å². The van der Waals surface area contributed by atoms with Crippen LogP contribution in [0.1, 0.15) is 5.56 Å². The van der Waals surface area contributed by atoms with Gasteiger partial charge in [-0.2, -0.15) is 8.78 Å². The number of aryl methyl sites for hydroxylation is 1. The maximum Gasteiger partial charge on any atom is 0.387 e. The van der Waals surface area contributed by atoms with Gasteiger partial charge in [-0.25, -0.2) is 0 Å². The molecule has 0 unspecified atom stereocenters. The van der Waals surface area contributed by atoms with Crippen molar-refractivity contribution in [2.24, 2.45) is 0 Å². The lowest BCUT2D eigenvalue weighted by molar-refractivity contribution is -0.121. The van der Waals surface area contributed by atoms with Crippen LogP contribution >= 0.6 is 12.2 Å². The first-order chi connectivity index (χ1) is 12.0. The number of rotatable bonds is 6. The van der Waals surface area contributed by atoms with Gasteiger partial charge in [-0.3, -0.25) is 10.1 Å². The largest absolute Gasteiger partial charge is 0.483 e. The van der Waals surface area contributed by atoms with Crippen molar-refractivity contribution in [1.29, 1.82) is 0 Å². The molecular weight excluding hydrogens is 350 g/mol. The Morgan fingerprint density at radius 2 is 1.76 bits per heavy atom. The molecule has 0 aliphatic carbocycles. The summed E-state index contributed by atoms with van der Waals surface area (Å²) in [6.07, 6.45) is 0. The molecule has 0 bridgehead atoms. The quantitative estimate of drug-likeness (QED) is 0.767. The lowest BCUT2D eigenvalue weighted by Gasteiger charge is -2.14. The lowest BCUT2D eigenvalue weighted by atomic mass is 10.2. The third-order valence-corrected chi connectivity index (χ3v) is 3.26. The Morgan fingerprint density at radius 3 is 2.44 bits per heavy atom. The zero-order valence-corrected chi connectivity index (χ0v) is 14.1. The average Bonchev–Trinajstić information content (AvgIpc) is 2.55. The van der Waals surface area contributed by atoms with E-state index in [4.69, 9.17) is 17.0 Å². The second-order valence-electron chi connectivity index (χ2n) is 4.93. The van der Waals surface area contributed by atoms with E-state index in [9.17, 15) is 13.6 Å². The number of benzene rings is 2. The number of alkyl halides is 2. The zero-order chi connectivity index (χ0) is 18.2. The van der Waals surface area contributed by atoms with Gasteiger partial charge in [-0.15, -0.1) is 0 Å². The molecule has 8 heteroatoms. The van der Waals surface area contributed by atoms with E-state index in [-0.39, 0.29) is 23.2 Å². The summed E-state index contributed by atoms with van der Waals surface area (Å²) in [5.74, 6) is 0.0329. The van der Waals surface area contributed by atoms with Crippen LogP contribution in [0.2, 0.25) is 0 Å². The second kappa shape index (κ2) is 8.93. The maximum absolute atomic E-state index is 12.4. The van der Waals surface area contributed by atoms with Crippen LogP contribution in [0.3, 0.4) is 0 Å². The van der Waals surface area contributed by atoms with E-state index in [1.54, 1.807) is 24.3 Å². The Kier molecular flexibility index (Phi) is 6.64. The second-order valence-corrected chi connectivity index (χ2v) is 5.34. The first-order valence-corrected chi connectivity index (χ1v) is 7.69. The van der Waals surface area contributed by atoms with Crippen LogP contribution in [0.15, 0.2) is 48.5 Å². The van der Waals surface area contributed by atoms with Crippen molar-refractivity contribution in [3.8, 4) is 11.5 Å². The molecule has 0 saturated heterocycles. The first kappa shape index (κ1) is 18.6. The minimum Gasteiger partial charge on any atom is -0.483 e. The molecular formula is C17H16F2N2O3S. The van der Waals surface area contributed by atoms with E-state index in [1.807, 2.05) is 19.1 Å². The molecule has 2 rings (SSSR count). The lowest BCUT2D eigenvalue weighted by Crippen LogP contribution is -2.37. The van der Waals surface area contributed by atoms with Crippen molar-refractivity contribution in [1.82, 2.24) is 5.32 Å². The number of ether oxygens (including phenoxy) is 2. The highest BCUT2D eigenvalue weighted by molar-refractivity contribution is 7.80. The number of para-hydroxylation sites is 3. The molecule has 0 radical (unpaired) electrons. The molecule has 0 aliphatic rings. The summed E-state index contributed by atoms with van der Waals surface area (Å²) >= 11 is 5.00. The van der Waals surface area contributed by atoms with Gasteiger partial charge < -0.3 is 14.8 Å². The van der Waals surface area contributed by atoms with Gasteiger partial charge in [0, 0.05) is 0 Å². The molecule has 132 valence electrons. The van der Waals surface area contributed by atoms with Crippen LogP contribution in [0.5, 0.6) is 11.5 Å². The predicted octanol–water partition coefficient (Wildman–Crippen LogP) is 3.49. The molecule has 0 aliphatic heterocycles. The molecule has 25 heavy (non-hydrogen) atoms. The molecule has 1 amide bonds. The molecule has 0 atom stereocenters. The number of halogens is 2. The van der Waals surface area contributed by atoms with E-state index in [0.717, 1.165) is 5.56 Å². The fourth-order valence-corrected chi connectivity index (χ4v) is 2.17. The van der Waals surface area contributed by atoms with Crippen molar-refractivity contribution in [3.63, 3.8) is 0 Å².